The lowest BCUT2D eigenvalue weighted by atomic mass is 9.94. The zero-order valence-electron chi connectivity index (χ0n) is 13.0. The molecule has 3 N–H and O–H groups in total. The SMILES string of the molecule is Cn1nc2cc3c(c(N)c2c1C#N)C(c1cc(Cl)ccc1F)NC3=O. The summed E-state index contributed by atoms with van der Waals surface area (Å²) in [6, 6.07) is 6.97. The number of nitrogens with one attached hydrogen (secondary N) is 1. The number of carbonyl (C=O) groups excluding carboxylic acids is 1. The number of nitrogens with zero attached hydrogens (tertiary/aromatic N) is 3. The van der Waals surface area contributed by atoms with Gasteiger partial charge in [0.1, 0.15) is 17.6 Å². The molecule has 124 valence electrons. The summed E-state index contributed by atoms with van der Waals surface area (Å²) in [5.74, 6) is -0.883. The number of hydrogen-bond donors (Lipinski definition) is 2. The summed E-state index contributed by atoms with van der Waals surface area (Å²) >= 11 is 5.98. The molecule has 0 fully saturated rings. The number of hydrogen-bond acceptors (Lipinski definition) is 4. The van der Waals surface area contributed by atoms with Crippen molar-refractivity contribution in [2.75, 3.05) is 5.73 Å². The van der Waals surface area contributed by atoms with E-state index in [2.05, 4.69) is 16.5 Å². The van der Waals surface area contributed by atoms with Gasteiger partial charge < -0.3 is 11.1 Å². The van der Waals surface area contributed by atoms with Crippen molar-refractivity contribution in [3.63, 3.8) is 0 Å². The second-order valence-corrected chi connectivity index (χ2v) is 6.24. The minimum absolute atomic E-state index is 0.216. The summed E-state index contributed by atoms with van der Waals surface area (Å²) in [5.41, 5.74) is 8.21. The molecule has 0 saturated heterocycles. The highest BCUT2D eigenvalue weighted by atomic mass is 35.5. The maximum atomic E-state index is 14.3. The van der Waals surface area contributed by atoms with Crippen LogP contribution in [0.4, 0.5) is 10.1 Å². The fraction of sp³-hybridized carbons (Fsp3) is 0.118. The molecular weight excluding hydrogens is 345 g/mol. The predicted molar refractivity (Wildman–Crippen MR) is 90.6 cm³/mol. The number of amides is 1. The van der Waals surface area contributed by atoms with E-state index in [1.54, 1.807) is 13.1 Å². The highest BCUT2D eigenvalue weighted by Gasteiger charge is 2.35. The number of anilines is 1. The molecule has 6 nitrogen and oxygen atoms in total. The molecule has 1 atom stereocenters. The van der Waals surface area contributed by atoms with E-state index in [9.17, 15) is 14.4 Å². The number of fused-ring (bicyclic) bond motifs is 2. The second-order valence-electron chi connectivity index (χ2n) is 5.80. The highest BCUT2D eigenvalue weighted by molar-refractivity contribution is 6.30. The Morgan fingerprint density at radius 1 is 1.44 bits per heavy atom. The molecule has 0 aliphatic carbocycles. The maximum Gasteiger partial charge on any atom is 0.252 e. The average Bonchev–Trinajstić information content (AvgIpc) is 3.07. The number of nitrogens with two attached hydrogens (primary N) is 1. The minimum atomic E-state index is -0.780. The molecule has 0 bridgehead atoms. The summed E-state index contributed by atoms with van der Waals surface area (Å²) in [5, 5.41) is 17.1. The first-order chi connectivity index (χ1) is 11.9. The van der Waals surface area contributed by atoms with E-state index in [4.69, 9.17) is 17.3 Å². The number of aromatic nitrogens is 2. The van der Waals surface area contributed by atoms with Gasteiger partial charge in [-0.3, -0.25) is 9.48 Å². The largest absolute Gasteiger partial charge is 0.398 e. The Bertz CT molecular complexity index is 1110. The van der Waals surface area contributed by atoms with Gasteiger partial charge in [0.15, 0.2) is 0 Å². The number of nitrogen functional groups attached to an aromatic ring is 1. The number of rotatable bonds is 1. The maximum absolute atomic E-state index is 14.3. The first-order valence-electron chi connectivity index (χ1n) is 7.37. The van der Waals surface area contributed by atoms with E-state index < -0.39 is 11.9 Å². The van der Waals surface area contributed by atoms with Crippen molar-refractivity contribution in [3.05, 3.63) is 57.5 Å². The topological polar surface area (TPSA) is 96.7 Å². The smallest absolute Gasteiger partial charge is 0.252 e. The van der Waals surface area contributed by atoms with Crippen molar-refractivity contribution in [2.24, 2.45) is 7.05 Å². The average molecular weight is 356 g/mol. The lowest BCUT2D eigenvalue weighted by Gasteiger charge is -2.15. The van der Waals surface area contributed by atoms with Crippen LogP contribution in [0.3, 0.4) is 0 Å². The highest BCUT2D eigenvalue weighted by Crippen LogP contribution is 2.41. The molecule has 1 aliphatic rings. The third kappa shape index (κ3) is 2.08. The Hall–Kier alpha value is -3.11. The summed E-state index contributed by atoms with van der Waals surface area (Å²) in [6.45, 7) is 0. The fourth-order valence-electron chi connectivity index (χ4n) is 3.28. The van der Waals surface area contributed by atoms with Crippen molar-refractivity contribution in [2.45, 2.75) is 6.04 Å². The molecule has 1 amide bonds. The van der Waals surface area contributed by atoms with E-state index >= 15 is 0 Å². The van der Waals surface area contributed by atoms with Gasteiger partial charge in [-0.2, -0.15) is 10.4 Å². The summed E-state index contributed by atoms with van der Waals surface area (Å²) in [4.78, 5) is 12.4. The lowest BCUT2D eigenvalue weighted by molar-refractivity contribution is 0.0960. The van der Waals surface area contributed by atoms with Gasteiger partial charge in [0.05, 0.1) is 22.6 Å². The molecule has 1 aliphatic heterocycles. The normalized spacial score (nSPS) is 15.9. The summed E-state index contributed by atoms with van der Waals surface area (Å²) < 4.78 is 15.7. The van der Waals surface area contributed by atoms with Crippen molar-refractivity contribution in [1.82, 2.24) is 15.1 Å². The van der Waals surface area contributed by atoms with E-state index in [-0.39, 0.29) is 22.9 Å². The first-order valence-corrected chi connectivity index (χ1v) is 7.75. The van der Waals surface area contributed by atoms with Crippen LogP contribution in [-0.2, 0) is 7.05 Å². The van der Waals surface area contributed by atoms with E-state index in [0.29, 0.717) is 27.1 Å². The number of aryl methyl sites for hydroxylation is 1. The van der Waals surface area contributed by atoms with Crippen LogP contribution in [0.5, 0.6) is 0 Å². The number of benzene rings is 2. The first kappa shape index (κ1) is 15.4. The summed E-state index contributed by atoms with van der Waals surface area (Å²) in [7, 11) is 1.62. The van der Waals surface area contributed by atoms with E-state index in [1.165, 1.54) is 22.9 Å². The standard InChI is InChI=1S/C17H11ClFN5O/c1-24-12(6-20)14-11(23-24)5-9-13(15(14)21)16(22-17(9)25)8-4-7(18)2-3-10(8)19/h2-5,16H,21H2,1H3,(H,22,25). The third-order valence-electron chi connectivity index (χ3n) is 4.39. The zero-order valence-corrected chi connectivity index (χ0v) is 13.7. The third-order valence-corrected chi connectivity index (χ3v) is 4.62. The Balaban J connectivity index is 2.05. The molecule has 1 unspecified atom stereocenters. The Morgan fingerprint density at radius 3 is 2.92 bits per heavy atom. The van der Waals surface area contributed by atoms with Crippen LogP contribution >= 0.6 is 11.6 Å². The van der Waals surface area contributed by atoms with E-state index in [1.807, 2.05) is 0 Å². The Labute approximate surface area is 146 Å². The van der Waals surface area contributed by atoms with E-state index in [0.717, 1.165) is 0 Å². The van der Waals surface area contributed by atoms with Crippen LogP contribution in [0.2, 0.25) is 5.02 Å². The van der Waals surface area contributed by atoms with Crippen molar-refractivity contribution >= 4 is 34.1 Å². The molecule has 2 aromatic carbocycles. The number of nitriles is 1. The van der Waals surface area contributed by atoms with Gasteiger partial charge in [0.25, 0.3) is 5.91 Å². The molecule has 1 aromatic heterocycles. The zero-order chi connectivity index (χ0) is 17.9. The van der Waals surface area contributed by atoms with Crippen molar-refractivity contribution in [1.29, 1.82) is 5.26 Å². The summed E-state index contributed by atoms with van der Waals surface area (Å²) in [6.07, 6.45) is 0. The van der Waals surface area contributed by atoms with Crippen molar-refractivity contribution < 1.29 is 9.18 Å². The van der Waals surface area contributed by atoms with Gasteiger partial charge in [0, 0.05) is 28.8 Å². The molecule has 0 radical (unpaired) electrons. The van der Waals surface area contributed by atoms with Gasteiger partial charge in [-0.1, -0.05) is 11.6 Å². The van der Waals surface area contributed by atoms with Crippen LogP contribution in [0, 0.1) is 17.1 Å². The molecule has 2 heterocycles. The number of carbonyl (C=O) groups is 1. The van der Waals surface area contributed by atoms with Gasteiger partial charge in [0.2, 0.25) is 0 Å². The fourth-order valence-corrected chi connectivity index (χ4v) is 3.46. The molecule has 8 heteroatoms. The molecule has 4 rings (SSSR count). The Kier molecular flexibility index (Phi) is 3.20. The lowest BCUT2D eigenvalue weighted by Crippen LogP contribution is -2.21. The van der Waals surface area contributed by atoms with Gasteiger partial charge in [-0.15, -0.1) is 0 Å². The van der Waals surface area contributed by atoms with Gasteiger partial charge in [-0.05, 0) is 24.3 Å². The minimum Gasteiger partial charge on any atom is -0.398 e. The van der Waals surface area contributed by atoms with Crippen LogP contribution in [0.1, 0.15) is 33.2 Å². The van der Waals surface area contributed by atoms with Crippen LogP contribution in [0.15, 0.2) is 24.3 Å². The molecule has 25 heavy (non-hydrogen) atoms. The predicted octanol–water partition coefficient (Wildman–Crippen LogP) is 2.65. The van der Waals surface area contributed by atoms with Crippen LogP contribution in [-0.4, -0.2) is 15.7 Å². The Morgan fingerprint density at radius 2 is 2.20 bits per heavy atom. The molecule has 0 spiro atoms. The molecule has 0 saturated carbocycles. The quantitative estimate of drug-likeness (QED) is 0.656. The molecule has 3 aromatic rings. The second kappa shape index (κ2) is 5.19. The molecular formula is C17H11ClFN5O. The van der Waals surface area contributed by atoms with Crippen LogP contribution < -0.4 is 11.1 Å². The van der Waals surface area contributed by atoms with Crippen molar-refractivity contribution in [3.8, 4) is 6.07 Å². The van der Waals surface area contributed by atoms with Gasteiger partial charge >= 0.3 is 0 Å². The van der Waals surface area contributed by atoms with Crippen LogP contribution in [0.25, 0.3) is 10.9 Å². The van der Waals surface area contributed by atoms with Gasteiger partial charge in [-0.25, -0.2) is 4.39 Å². The monoisotopic (exact) mass is 355 g/mol. The number of halogens is 2.